The first-order valence-corrected chi connectivity index (χ1v) is 8.03. The van der Waals surface area contributed by atoms with Gasteiger partial charge >= 0.3 is 12.3 Å². The van der Waals surface area contributed by atoms with Gasteiger partial charge in [-0.3, -0.25) is 14.6 Å². The molecular weight excluding hydrogens is 369 g/mol. The minimum Gasteiger partial charge on any atom is -0.476 e. The first kappa shape index (κ1) is 18.8. The molecule has 0 saturated carbocycles. The molecule has 0 saturated heterocycles. The van der Waals surface area contributed by atoms with Crippen molar-refractivity contribution in [2.45, 2.75) is 6.36 Å². The maximum Gasteiger partial charge on any atom is 0.378 e. The molecule has 1 aromatic carbocycles. The fraction of sp³-hybridized carbons (Fsp3) is 0.0526. The zero-order chi connectivity index (χ0) is 20.1. The highest BCUT2D eigenvalue weighted by Crippen LogP contribution is 2.12. The third-order valence-corrected chi connectivity index (χ3v) is 3.58. The highest BCUT2D eigenvalue weighted by molar-refractivity contribution is 5.70. The van der Waals surface area contributed by atoms with Gasteiger partial charge in [-0.1, -0.05) is 30.3 Å². The van der Waals surface area contributed by atoms with Crippen molar-refractivity contribution < 1.29 is 19.0 Å². The van der Waals surface area contributed by atoms with Gasteiger partial charge in [0, 0.05) is 0 Å². The largest absolute Gasteiger partial charge is 0.476 e. The van der Waals surface area contributed by atoms with Gasteiger partial charge in [-0.15, -0.1) is 0 Å². The zero-order valence-corrected chi connectivity index (χ0v) is 14.3. The van der Waals surface area contributed by atoms with Crippen molar-refractivity contribution in [2.24, 2.45) is 0 Å². The summed E-state index contributed by atoms with van der Waals surface area (Å²) in [5, 5.41) is 8.55. The topological polar surface area (TPSA) is 125 Å². The first-order valence-electron chi connectivity index (χ1n) is 8.03. The van der Waals surface area contributed by atoms with E-state index in [-0.39, 0.29) is 22.1 Å². The number of carboxylic acids is 1. The summed E-state index contributed by atoms with van der Waals surface area (Å²) in [5.74, 6) is -1.85. The van der Waals surface area contributed by atoms with Crippen molar-refractivity contribution in [1.82, 2.24) is 15.0 Å². The number of aromatic amines is 2. The standard InChI is InChI=1S/C19H14FN3O5/c20-16(19(26)27)28-13-7-6-12(21-10-13)9-15-18(25)22-14(17(24)23-15)8-11-4-2-1-3-5-11/h1-10,16H,(H,22,25)(H,23,24)(H,26,27)/b14-8-,15-9-. The number of rotatable bonds is 5. The average molecular weight is 383 g/mol. The monoisotopic (exact) mass is 383 g/mol. The van der Waals surface area contributed by atoms with E-state index in [9.17, 15) is 18.8 Å². The number of hydrogen-bond donors (Lipinski definition) is 3. The van der Waals surface area contributed by atoms with Crippen LogP contribution in [-0.2, 0) is 4.79 Å². The maximum atomic E-state index is 13.0. The van der Waals surface area contributed by atoms with E-state index in [4.69, 9.17) is 5.11 Å². The summed E-state index contributed by atoms with van der Waals surface area (Å²) in [7, 11) is 0. The van der Waals surface area contributed by atoms with E-state index in [2.05, 4.69) is 19.7 Å². The molecular formula is C19H14FN3O5. The van der Waals surface area contributed by atoms with Crippen LogP contribution in [0.5, 0.6) is 5.75 Å². The molecule has 0 aliphatic heterocycles. The lowest BCUT2D eigenvalue weighted by Crippen LogP contribution is -2.46. The van der Waals surface area contributed by atoms with E-state index in [0.717, 1.165) is 11.8 Å². The van der Waals surface area contributed by atoms with Crippen LogP contribution >= 0.6 is 0 Å². The molecule has 0 aliphatic carbocycles. The molecule has 1 atom stereocenters. The molecule has 9 heteroatoms. The molecule has 0 spiro atoms. The van der Waals surface area contributed by atoms with Crippen molar-refractivity contribution >= 4 is 18.1 Å². The minimum absolute atomic E-state index is 0.0229. The van der Waals surface area contributed by atoms with Crippen molar-refractivity contribution in [1.29, 1.82) is 0 Å². The number of H-pyrrole nitrogens is 2. The summed E-state index contributed by atoms with van der Waals surface area (Å²) in [4.78, 5) is 43.8. The molecule has 28 heavy (non-hydrogen) atoms. The molecule has 3 aromatic rings. The molecule has 142 valence electrons. The molecule has 3 N–H and O–H groups in total. The number of halogens is 1. The number of hydrogen-bond acceptors (Lipinski definition) is 5. The lowest BCUT2D eigenvalue weighted by atomic mass is 10.2. The van der Waals surface area contributed by atoms with Crippen molar-refractivity contribution in [3.8, 4) is 5.75 Å². The Balaban J connectivity index is 1.92. The normalized spacial score (nSPS) is 13.3. The SMILES string of the molecule is O=C(O)C(F)Oc1ccc(/C=c2\[nH]c(=O)/c(=C/c3ccccc3)[nH]c2=O)nc1. The van der Waals surface area contributed by atoms with Crippen LogP contribution in [-0.4, -0.2) is 32.4 Å². The summed E-state index contributed by atoms with van der Waals surface area (Å²) in [6, 6.07) is 11.7. The van der Waals surface area contributed by atoms with Gasteiger partial charge in [-0.05, 0) is 29.8 Å². The first-order chi connectivity index (χ1) is 13.4. The maximum absolute atomic E-state index is 13.0. The number of nitrogens with one attached hydrogen (secondary N) is 2. The van der Waals surface area contributed by atoms with E-state index < -0.39 is 23.4 Å². The van der Waals surface area contributed by atoms with Gasteiger partial charge in [0.2, 0.25) is 0 Å². The molecule has 0 aliphatic rings. The number of ether oxygens (including phenoxy) is 1. The van der Waals surface area contributed by atoms with Gasteiger partial charge in [0.25, 0.3) is 11.1 Å². The Morgan fingerprint density at radius 3 is 2.25 bits per heavy atom. The van der Waals surface area contributed by atoms with Crippen LogP contribution in [0.3, 0.4) is 0 Å². The molecule has 8 nitrogen and oxygen atoms in total. The molecule has 1 unspecified atom stereocenters. The van der Waals surface area contributed by atoms with Crippen LogP contribution in [0.1, 0.15) is 11.3 Å². The number of aromatic nitrogens is 3. The van der Waals surface area contributed by atoms with Crippen LogP contribution < -0.4 is 26.6 Å². The van der Waals surface area contributed by atoms with Crippen molar-refractivity contribution in [2.75, 3.05) is 0 Å². The van der Waals surface area contributed by atoms with Crippen LogP contribution in [0.4, 0.5) is 4.39 Å². The Hall–Kier alpha value is -4.01. The number of aliphatic carboxylic acids is 1. The number of carbonyl (C=O) groups is 1. The van der Waals surface area contributed by atoms with Gasteiger partial charge < -0.3 is 19.8 Å². The summed E-state index contributed by atoms with van der Waals surface area (Å²) >= 11 is 0. The third-order valence-electron chi connectivity index (χ3n) is 3.58. The summed E-state index contributed by atoms with van der Waals surface area (Å²) in [5.41, 5.74) is 0.0131. The van der Waals surface area contributed by atoms with Crippen molar-refractivity contribution in [3.63, 3.8) is 0 Å². The molecule has 2 heterocycles. The fourth-order valence-electron chi connectivity index (χ4n) is 2.28. The quantitative estimate of drug-likeness (QED) is 0.564. The van der Waals surface area contributed by atoms with Gasteiger partial charge in [0.1, 0.15) is 16.4 Å². The third kappa shape index (κ3) is 4.58. The van der Waals surface area contributed by atoms with Crippen molar-refractivity contribution in [3.05, 3.63) is 91.3 Å². The van der Waals surface area contributed by atoms with E-state index in [1.165, 1.54) is 18.2 Å². The number of alkyl halides is 1. The molecule has 0 bridgehead atoms. The van der Waals surface area contributed by atoms with Crippen LogP contribution in [0.2, 0.25) is 0 Å². The Morgan fingerprint density at radius 1 is 1.04 bits per heavy atom. The number of nitrogens with zero attached hydrogens (tertiary/aromatic N) is 1. The Kier molecular flexibility index (Phi) is 5.45. The summed E-state index contributed by atoms with van der Waals surface area (Å²) in [6.45, 7) is 0. The van der Waals surface area contributed by atoms with E-state index >= 15 is 0 Å². The van der Waals surface area contributed by atoms with Gasteiger partial charge in [-0.25, -0.2) is 4.79 Å². The second-order valence-corrected chi connectivity index (χ2v) is 5.63. The second kappa shape index (κ2) is 8.12. The van der Waals surface area contributed by atoms with E-state index in [0.29, 0.717) is 0 Å². The van der Waals surface area contributed by atoms with E-state index in [1.807, 2.05) is 6.07 Å². The number of benzene rings is 1. The molecule has 0 fully saturated rings. The highest BCUT2D eigenvalue weighted by Gasteiger charge is 2.17. The van der Waals surface area contributed by atoms with Gasteiger partial charge in [-0.2, -0.15) is 4.39 Å². The lowest BCUT2D eigenvalue weighted by Gasteiger charge is -2.06. The minimum atomic E-state index is -2.51. The summed E-state index contributed by atoms with van der Waals surface area (Å²) < 4.78 is 17.5. The van der Waals surface area contributed by atoms with Gasteiger partial charge in [0.15, 0.2) is 0 Å². The Labute approximate surface area is 156 Å². The number of pyridine rings is 1. The molecule has 3 rings (SSSR count). The number of carboxylic acid groups (broad SMARTS) is 1. The summed E-state index contributed by atoms with van der Waals surface area (Å²) in [6.07, 6.45) is 1.46. The van der Waals surface area contributed by atoms with Gasteiger partial charge in [0.05, 0.1) is 11.9 Å². The molecule has 2 aromatic heterocycles. The van der Waals surface area contributed by atoms with Crippen LogP contribution in [0.25, 0.3) is 12.2 Å². The Morgan fingerprint density at radius 2 is 1.68 bits per heavy atom. The zero-order valence-electron chi connectivity index (χ0n) is 14.3. The molecule has 0 radical (unpaired) electrons. The molecule has 0 amide bonds. The van der Waals surface area contributed by atoms with E-state index in [1.54, 1.807) is 30.3 Å². The predicted octanol–water partition coefficient (Wildman–Crippen LogP) is -0.125. The lowest BCUT2D eigenvalue weighted by molar-refractivity contribution is -0.153. The van der Waals surface area contributed by atoms with Crippen LogP contribution in [0.15, 0.2) is 58.3 Å². The smallest absolute Gasteiger partial charge is 0.378 e. The highest BCUT2D eigenvalue weighted by atomic mass is 19.1. The fourth-order valence-corrected chi connectivity index (χ4v) is 2.28. The Bertz CT molecular complexity index is 1220. The second-order valence-electron chi connectivity index (χ2n) is 5.63. The predicted molar refractivity (Wildman–Crippen MR) is 97.9 cm³/mol. The van der Waals surface area contributed by atoms with Crippen LogP contribution in [0, 0.1) is 0 Å². The average Bonchev–Trinajstić information content (AvgIpc) is 2.68.